The van der Waals surface area contributed by atoms with Gasteiger partial charge in [0.1, 0.15) is 0 Å². The summed E-state index contributed by atoms with van der Waals surface area (Å²) in [5.41, 5.74) is 3.23. The molecule has 32 heavy (non-hydrogen) atoms. The van der Waals surface area contributed by atoms with Crippen LogP contribution < -0.4 is 5.32 Å². The fraction of sp³-hybridized carbons (Fsp3) is 0.286. The van der Waals surface area contributed by atoms with Gasteiger partial charge in [0, 0.05) is 25.1 Å². The van der Waals surface area contributed by atoms with Crippen molar-refractivity contribution in [2.45, 2.75) is 31.7 Å². The van der Waals surface area contributed by atoms with Crippen LogP contribution in [0.2, 0.25) is 0 Å². The summed E-state index contributed by atoms with van der Waals surface area (Å²) in [6.45, 7) is 1.91. The molecular formula is C28H30N2OS. The lowest BCUT2D eigenvalue weighted by Gasteiger charge is -2.35. The predicted molar refractivity (Wildman–Crippen MR) is 135 cm³/mol. The number of Topliss-reactive ketones (excluding diaryl/α,β-unsaturated/α-hetero) is 1. The Morgan fingerprint density at radius 3 is 2.06 bits per heavy atom. The van der Waals surface area contributed by atoms with E-state index in [0.717, 1.165) is 48.6 Å². The van der Waals surface area contributed by atoms with Gasteiger partial charge in [0.2, 0.25) is 0 Å². The smallest absolute Gasteiger partial charge is 0.169 e. The number of likely N-dealkylation sites (tertiary alicyclic amines) is 1. The summed E-state index contributed by atoms with van der Waals surface area (Å²) >= 11 is 5.79. The molecule has 1 N–H and O–H groups in total. The minimum atomic E-state index is -0.140. The molecule has 1 saturated heterocycles. The first-order valence-corrected chi connectivity index (χ1v) is 11.8. The maximum atomic E-state index is 12.9. The molecule has 4 rings (SSSR count). The lowest BCUT2D eigenvalue weighted by atomic mass is 9.90. The highest BCUT2D eigenvalue weighted by Gasteiger charge is 2.24. The average Bonchev–Trinajstić information content (AvgIpc) is 2.85. The summed E-state index contributed by atoms with van der Waals surface area (Å²) in [6.07, 6.45) is 3.77. The fourth-order valence-corrected chi connectivity index (χ4v) is 4.72. The third-order valence-corrected chi connectivity index (χ3v) is 6.63. The number of carbonyl (C=O) groups is 1. The zero-order chi connectivity index (χ0) is 22.2. The number of benzene rings is 3. The standard InChI is InChI=1S/C28H30N2OS/c31-27(25-14-8-3-9-15-25)21-26(24-12-6-2-7-13-24)29-28(32)30-18-16-23(17-19-30)20-22-10-4-1-5-11-22/h1-15,23,26H,16-21H2,(H,29,32)/t26-/m1/s1. The van der Waals surface area contributed by atoms with Crippen LogP contribution in [0.1, 0.15) is 46.8 Å². The molecule has 1 aliphatic heterocycles. The number of rotatable bonds is 7. The number of piperidine rings is 1. The summed E-state index contributed by atoms with van der Waals surface area (Å²) in [7, 11) is 0. The third-order valence-electron chi connectivity index (χ3n) is 6.25. The monoisotopic (exact) mass is 442 g/mol. The zero-order valence-electron chi connectivity index (χ0n) is 18.3. The molecule has 1 fully saturated rings. The molecule has 0 aliphatic carbocycles. The molecule has 1 heterocycles. The Labute approximate surface area is 196 Å². The highest BCUT2D eigenvalue weighted by atomic mass is 32.1. The van der Waals surface area contributed by atoms with E-state index in [1.165, 1.54) is 5.56 Å². The Kier molecular flexibility index (Phi) is 7.68. The van der Waals surface area contributed by atoms with Crippen LogP contribution in [0, 0.1) is 5.92 Å². The molecule has 3 nitrogen and oxygen atoms in total. The van der Waals surface area contributed by atoms with Gasteiger partial charge in [-0.3, -0.25) is 4.79 Å². The van der Waals surface area contributed by atoms with Crippen molar-refractivity contribution in [1.29, 1.82) is 0 Å². The van der Waals surface area contributed by atoms with Gasteiger partial charge in [-0.2, -0.15) is 0 Å². The molecule has 0 spiro atoms. The van der Waals surface area contributed by atoms with E-state index in [0.29, 0.717) is 12.3 Å². The molecule has 1 aliphatic rings. The number of ketones is 1. The van der Waals surface area contributed by atoms with Crippen molar-refractivity contribution in [3.8, 4) is 0 Å². The molecule has 0 unspecified atom stereocenters. The second-order valence-corrected chi connectivity index (χ2v) is 8.91. The van der Waals surface area contributed by atoms with Gasteiger partial charge in [0.15, 0.2) is 10.9 Å². The van der Waals surface area contributed by atoms with Crippen LogP contribution in [-0.2, 0) is 6.42 Å². The first-order valence-electron chi connectivity index (χ1n) is 11.4. The fourth-order valence-electron chi connectivity index (χ4n) is 4.39. The van der Waals surface area contributed by atoms with Crippen molar-refractivity contribution in [3.63, 3.8) is 0 Å². The van der Waals surface area contributed by atoms with Crippen molar-refractivity contribution < 1.29 is 4.79 Å². The molecule has 1 atom stereocenters. The maximum absolute atomic E-state index is 12.9. The Bertz CT molecular complexity index is 999. The molecule has 4 heteroatoms. The predicted octanol–water partition coefficient (Wildman–Crippen LogP) is 5.83. The van der Waals surface area contributed by atoms with Gasteiger partial charge in [-0.25, -0.2) is 0 Å². The Morgan fingerprint density at radius 2 is 1.44 bits per heavy atom. The Balaban J connectivity index is 1.37. The molecule has 0 bridgehead atoms. The number of nitrogens with zero attached hydrogens (tertiary/aromatic N) is 1. The Hall–Kier alpha value is -2.98. The second-order valence-electron chi connectivity index (χ2n) is 8.53. The van der Waals surface area contributed by atoms with Gasteiger partial charge in [0.05, 0.1) is 6.04 Å². The molecule has 0 aromatic heterocycles. The SMILES string of the molecule is O=C(C[C@@H](NC(=S)N1CCC(Cc2ccccc2)CC1)c1ccccc1)c1ccccc1. The van der Waals surface area contributed by atoms with Crippen LogP contribution >= 0.6 is 12.2 Å². The number of thiocarbonyl (C=S) groups is 1. The first-order chi connectivity index (χ1) is 15.7. The van der Waals surface area contributed by atoms with Crippen molar-refractivity contribution >= 4 is 23.1 Å². The van der Waals surface area contributed by atoms with Gasteiger partial charge < -0.3 is 10.2 Å². The summed E-state index contributed by atoms with van der Waals surface area (Å²) in [5.74, 6) is 0.817. The van der Waals surface area contributed by atoms with E-state index >= 15 is 0 Å². The van der Waals surface area contributed by atoms with E-state index in [2.05, 4.69) is 52.7 Å². The van der Waals surface area contributed by atoms with Gasteiger partial charge in [-0.05, 0) is 48.5 Å². The third kappa shape index (κ3) is 6.04. The lowest BCUT2D eigenvalue weighted by Crippen LogP contribution is -2.46. The van der Waals surface area contributed by atoms with Gasteiger partial charge in [0.25, 0.3) is 0 Å². The zero-order valence-corrected chi connectivity index (χ0v) is 19.1. The summed E-state index contributed by atoms with van der Waals surface area (Å²) in [6, 6.07) is 30.2. The van der Waals surface area contributed by atoms with Crippen LogP contribution in [-0.4, -0.2) is 28.9 Å². The van der Waals surface area contributed by atoms with E-state index in [1.54, 1.807) is 0 Å². The largest absolute Gasteiger partial charge is 0.355 e. The summed E-state index contributed by atoms with van der Waals surface area (Å²) in [5, 5.41) is 4.25. The number of nitrogens with one attached hydrogen (secondary N) is 1. The van der Waals surface area contributed by atoms with Crippen molar-refractivity contribution in [3.05, 3.63) is 108 Å². The summed E-state index contributed by atoms with van der Waals surface area (Å²) in [4.78, 5) is 15.2. The van der Waals surface area contributed by atoms with Crippen molar-refractivity contribution in [2.24, 2.45) is 5.92 Å². The van der Waals surface area contributed by atoms with Crippen molar-refractivity contribution in [1.82, 2.24) is 10.2 Å². The molecule has 0 radical (unpaired) electrons. The van der Waals surface area contributed by atoms with Crippen molar-refractivity contribution in [2.75, 3.05) is 13.1 Å². The van der Waals surface area contributed by atoms with Gasteiger partial charge >= 0.3 is 0 Å². The van der Waals surface area contributed by atoms with E-state index in [-0.39, 0.29) is 11.8 Å². The highest BCUT2D eigenvalue weighted by molar-refractivity contribution is 7.80. The van der Waals surface area contributed by atoms with Crippen LogP contribution in [0.4, 0.5) is 0 Å². The van der Waals surface area contributed by atoms with E-state index in [1.807, 2.05) is 48.5 Å². The average molecular weight is 443 g/mol. The summed E-state index contributed by atoms with van der Waals surface area (Å²) < 4.78 is 0. The first kappa shape index (κ1) is 22.2. The van der Waals surface area contributed by atoms with Gasteiger partial charge in [-0.1, -0.05) is 91.0 Å². The topological polar surface area (TPSA) is 32.3 Å². The lowest BCUT2D eigenvalue weighted by molar-refractivity contribution is 0.0971. The Morgan fingerprint density at radius 1 is 0.875 bits per heavy atom. The van der Waals surface area contributed by atoms with Gasteiger partial charge in [-0.15, -0.1) is 0 Å². The van der Waals surface area contributed by atoms with E-state index in [9.17, 15) is 4.79 Å². The molecule has 3 aromatic rings. The van der Waals surface area contributed by atoms with Crippen LogP contribution in [0.3, 0.4) is 0 Å². The molecule has 3 aromatic carbocycles. The molecule has 0 amide bonds. The number of hydrogen-bond acceptors (Lipinski definition) is 2. The number of hydrogen-bond donors (Lipinski definition) is 1. The molecule has 164 valence electrons. The minimum Gasteiger partial charge on any atom is -0.355 e. The normalized spacial score (nSPS) is 15.2. The molecule has 0 saturated carbocycles. The number of carbonyl (C=O) groups excluding carboxylic acids is 1. The van der Waals surface area contributed by atoms with E-state index < -0.39 is 0 Å². The molecular weight excluding hydrogens is 412 g/mol. The van der Waals surface area contributed by atoms with Crippen LogP contribution in [0.15, 0.2) is 91.0 Å². The highest BCUT2D eigenvalue weighted by Crippen LogP contribution is 2.24. The van der Waals surface area contributed by atoms with Crippen LogP contribution in [0.25, 0.3) is 0 Å². The minimum absolute atomic E-state index is 0.122. The maximum Gasteiger partial charge on any atom is 0.169 e. The van der Waals surface area contributed by atoms with Crippen LogP contribution in [0.5, 0.6) is 0 Å². The quantitative estimate of drug-likeness (QED) is 0.369. The second kappa shape index (κ2) is 11.1. The van der Waals surface area contributed by atoms with E-state index in [4.69, 9.17) is 12.2 Å².